The zero-order valence-corrected chi connectivity index (χ0v) is 9.30. The van der Waals surface area contributed by atoms with Gasteiger partial charge in [0.2, 0.25) is 0 Å². The van der Waals surface area contributed by atoms with E-state index in [1.165, 1.54) is 0 Å². The number of hydrogen-bond acceptors (Lipinski definition) is 2. The minimum Gasteiger partial charge on any atom is -0.381 e. The Kier molecular flexibility index (Phi) is 2.28. The van der Waals surface area contributed by atoms with Gasteiger partial charge in [0.1, 0.15) is 5.60 Å². The predicted octanol–water partition coefficient (Wildman–Crippen LogP) is 2.38. The van der Waals surface area contributed by atoms with E-state index in [2.05, 4.69) is 0 Å². The van der Waals surface area contributed by atoms with E-state index in [9.17, 15) is 10.2 Å². The van der Waals surface area contributed by atoms with Crippen LogP contribution in [0.1, 0.15) is 16.7 Å². The van der Waals surface area contributed by atoms with Crippen molar-refractivity contribution in [2.45, 2.75) is 12.0 Å². The minimum absolute atomic E-state index is 0.0549. The van der Waals surface area contributed by atoms with Crippen molar-refractivity contribution in [1.29, 1.82) is 0 Å². The maximum absolute atomic E-state index is 10.7. The monoisotopic (exact) mass is 225 g/mol. The highest BCUT2D eigenvalue weighted by Crippen LogP contribution is 2.44. The topological polar surface area (TPSA) is 40.5 Å². The van der Waals surface area contributed by atoms with Gasteiger partial charge in [-0.3, -0.25) is 0 Å². The third-order valence-electron chi connectivity index (χ3n) is 3.36. The molecule has 0 saturated carbocycles. The molecule has 1 radical (unpaired) electrons. The second kappa shape index (κ2) is 3.69. The second-order valence-corrected chi connectivity index (χ2v) is 4.41. The molecule has 1 unspecified atom stereocenters. The molecule has 0 bridgehead atoms. The Morgan fingerprint density at radius 3 is 2.24 bits per heavy atom. The van der Waals surface area contributed by atoms with Crippen LogP contribution in [0.2, 0.25) is 0 Å². The summed E-state index contributed by atoms with van der Waals surface area (Å²) in [7, 11) is 0. The lowest BCUT2D eigenvalue weighted by Gasteiger charge is -2.26. The molecule has 2 aromatic carbocycles. The van der Waals surface area contributed by atoms with Gasteiger partial charge in [-0.05, 0) is 16.7 Å². The third-order valence-corrected chi connectivity index (χ3v) is 3.36. The molecule has 3 rings (SSSR count). The Hall–Kier alpha value is -1.64. The molecule has 2 nitrogen and oxygen atoms in total. The molecule has 2 aromatic rings. The van der Waals surface area contributed by atoms with Gasteiger partial charge in [-0.1, -0.05) is 54.6 Å². The van der Waals surface area contributed by atoms with Crippen molar-refractivity contribution in [1.82, 2.24) is 0 Å². The Balaban J connectivity index is 2.09. The first kappa shape index (κ1) is 10.5. The van der Waals surface area contributed by atoms with E-state index in [-0.39, 0.29) is 6.10 Å². The molecule has 0 amide bonds. The molecule has 0 aromatic heterocycles. The van der Waals surface area contributed by atoms with Gasteiger partial charge in [0.25, 0.3) is 0 Å². The van der Waals surface area contributed by atoms with E-state index in [0.29, 0.717) is 6.42 Å². The SMILES string of the molecule is O[C]1c2ccccc2CC1(O)c1ccccc1. The van der Waals surface area contributed by atoms with Crippen molar-refractivity contribution in [3.8, 4) is 0 Å². The quantitative estimate of drug-likeness (QED) is 0.782. The molecular weight excluding hydrogens is 212 g/mol. The van der Waals surface area contributed by atoms with Crippen molar-refractivity contribution < 1.29 is 10.2 Å². The summed E-state index contributed by atoms with van der Waals surface area (Å²) in [6.07, 6.45) is 0.484. The van der Waals surface area contributed by atoms with Crippen molar-refractivity contribution in [2.24, 2.45) is 0 Å². The summed E-state index contributed by atoms with van der Waals surface area (Å²) in [5.74, 6) is 0. The molecule has 0 saturated heterocycles. The maximum Gasteiger partial charge on any atom is 0.159 e. The summed E-state index contributed by atoms with van der Waals surface area (Å²) in [5.41, 5.74) is 1.19. The van der Waals surface area contributed by atoms with Crippen molar-refractivity contribution in [2.75, 3.05) is 0 Å². The number of fused-ring (bicyclic) bond motifs is 1. The molecule has 1 aliphatic carbocycles. The summed E-state index contributed by atoms with van der Waals surface area (Å²) < 4.78 is 0. The van der Waals surface area contributed by atoms with Gasteiger partial charge in [0.15, 0.2) is 6.10 Å². The third kappa shape index (κ3) is 1.49. The lowest BCUT2D eigenvalue weighted by molar-refractivity contribution is 0.00937. The van der Waals surface area contributed by atoms with E-state index < -0.39 is 5.60 Å². The fraction of sp³-hybridized carbons (Fsp3) is 0.133. The van der Waals surface area contributed by atoms with Crippen LogP contribution in [0.25, 0.3) is 0 Å². The van der Waals surface area contributed by atoms with E-state index in [1.54, 1.807) is 0 Å². The number of aliphatic hydroxyl groups excluding tert-OH is 1. The van der Waals surface area contributed by atoms with Crippen LogP contribution < -0.4 is 0 Å². The zero-order chi connectivity index (χ0) is 11.9. The molecule has 0 aliphatic heterocycles. The van der Waals surface area contributed by atoms with Gasteiger partial charge in [-0.2, -0.15) is 0 Å². The first-order chi connectivity index (χ1) is 8.22. The van der Waals surface area contributed by atoms with E-state index in [1.807, 2.05) is 54.6 Å². The standard InChI is InChI=1S/C15H13O2/c16-14-13-9-5-4-6-11(13)10-15(14,17)12-7-2-1-3-8-12/h1-9,16-17H,10H2. The molecule has 0 heterocycles. The summed E-state index contributed by atoms with van der Waals surface area (Å²) in [4.78, 5) is 0. The van der Waals surface area contributed by atoms with Gasteiger partial charge < -0.3 is 10.2 Å². The maximum atomic E-state index is 10.7. The molecule has 85 valence electrons. The highest BCUT2D eigenvalue weighted by atomic mass is 16.3. The average molecular weight is 225 g/mol. The molecule has 17 heavy (non-hydrogen) atoms. The molecule has 2 heteroatoms. The Bertz CT molecular complexity index is 536. The first-order valence-corrected chi connectivity index (χ1v) is 5.64. The van der Waals surface area contributed by atoms with Crippen LogP contribution >= 0.6 is 0 Å². The minimum atomic E-state index is -1.27. The summed E-state index contributed by atoms with van der Waals surface area (Å²) >= 11 is 0. The van der Waals surface area contributed by atoms with Gasteiger partial charge in [-0.15, -0.1) is 0 Å². The fourth-order valence-electron chi connectivity index (χ4n) is 2.44. The zero-order valence-electron chi connectivity index (χ0n) is 9.30. The van der Waals surface area contributed by atoms with Crippen molar-refractivity contribution >= 4 is 0 Å². The molecule has 1 atom stereocenters. The van der Waals surface area contributed by atoms with Crippen LogP contribution in [0.5, 0.6) is 0 Å². The molecule has 0 fully saturated rings. The Morgan fingerprint density at radius 1 is 0.882 bits per heavy atom. The van der Waals surface area contributed by atoms with Crippen LogP contribution in [-0.2, 0) is 12.0 Å². The van der Waals surface area contributed by atoms with Gasteiger partial charge in [-0.25, -0.2) is 0 Å². The number of benzene rings is 2. The van der Waals surface area contributed by atoms with E-state index >= 15 is 0 Å². The first-order valence-electron chi connectivity index (χ1n) is 5.64. The lowest BCUT2D eigenvalue weighted by atomic mass is 9.89. The predicted molar refractivity (Wildman–Crippen MR) is 64.8 cm³/mol. The summed E-state index contributed by atoms with van der Waals surface area (Å²) in [6.45, 7) is 0. The van der Waals surface area contributed by atoms with Gasteiger partial charge in [0.05, 0.1) is 0 Å². The van der Waals surface area contributed by atoms with Crippen molar-refractivity contribution in [3.63, 3.8) is 0 Å². The fourth-order valence-corrected chi connectivity index (χ4v) is 2.44. The van der Waals surface area contributed by atoms with Crippen molar-refractivity contribution in [3.05, 3.63) is 77.4 Å². The van der Waals surface area contributed by atoms with Crippen LogP contribution in [0, 0.1) is 6.10 Å². The molecule has 2 N–H and O–H groups in total. The summed E-state index contributed by atoms with van der Waals surface area (Å²) in [6, 6.07) is 16.9. The highest BCUT2D eigenvalue weighted by molar-refractivity contribution is 5.50. The van der Waals surface area contributed by atoms with E-state index in [4.69, 9.17) is 0 Å². The number of hydrogen-bond donors (Lipinski definition) is 2. The number of aliphatic hydroxyl groups is 2. The molecule has 0 spiro atoms. The van der Waals surface area contributed by atoms with Crippen LogP contribution in [0.15, 0.2) is 54.6 Å². The van der Waals surface area contributed by atoms with Gasteiger partial charge in [0, 0.05) is 6.42 Å². The lowest BCUT2D eigenvalue weighted by Crippen LogP contribution is -2.31. The van der Waals surface area contributed by atoms with Crippen LogP contribution in [0.3, 0.4) is 0 Å². The van der Waals surface area contributed by atoms with Gasteiger partial charge >= 0.3 is 0 Å². The molecule has 1 aliphatic rings. The summed E-state index contributed by atoms with van der Waals surface area (Å²) in [5, 5.41) is 20.9. The largest absolute Gasteiger partial charge is 0.381 e. The Labute approximate surface area is 100 Å². The van der Waals surface area contributed by atoms with Crippen LogP contribution in [0.4, 0.5) is 0 Å². The average Bonchev–Trinajstić information content (AvgIpc) is 2.65. The number of rotatable bonds is 1. The van der Waals surface area contributed by atoms with E-state index in [0.717, 1.165) is 16.7 Å². The second-order valence-electron chi connectivity index (χ2n) is 4.41. The molecular formula is C15H13O2. The normalized spacial score (nSPS) is 23.6. The highest BCUT2D eigenvalue weighted by Gasteiger charge is 2.46. The van der Waals surface area contributed by atoms with Crippen LogP contribution in [-0.4, -0.2) is 10.2 Å². The Morgan fingerprint density at radius 2 is 1.53 bits per heavy atom. The smallest absolute Gasteiger partial charge is 0.159 e.